The van der Waals surface area contributed by atoms with E-state index in [1.54, 1.807) is 32.4 Å². The zero-order valence-corrected chi connectivity index (χ0v) is 8.56. The van der Waals surface area contributed by atoms with Gasteiger partial charge in [0.25, 0.3) is 0 Å². The van der Waals surface area contributed by atoms with Gasteiger partial charge < -0.3 is 14.4 Å². The van der Waals surface area contributed by atoms with Crippen LogP contribution in [0.3, 0.4) is 0 Å². The van der Waals surface area contributed by atoms with Crippen LogP contribution in [0.5, 0.6) is 5.75 Å². The molecular formula is C11H11NO3. The van der Waals surface area contributed by atoms with Crippen LogP contribution < -0.4 is 9.64 Å². The van der Waals surface area contributed by atoms with E-state index in [1.165, 1.54) is 4.90 Å². The summed E-state index contributed by atoms with van der Waals surface area (Å²) in [6, 6.07) is 5.29. The third kappa shape index (κ3) is 1.29. The summed E-state index contributed by atoms with van der Waals surface area (Å²) in [6.07, 6.45) is 0.671. The molecule has 1 aliphatic heterocycles. The molecule has 15 heavy (non-hydrogen) atoms. The van der Waals surface area contributed by atoms with Crippen molar-refractivity contribution >= 4 is 17.9 Å². The maximum atomic E-state index is 11.6. The summed E-state index contributed by atoms with van der Waals surface area (Å²) < 4.78 is 5.06. The highest BCUT2D eigenvalue weighted by molar-refractivity contribution is 6.12. The molecule has 0 radical (unpaired) electrons. The molecule has 4 heteroatoms. The molecule has 4 nitrogen and oxygen atoms in total. The van der Waals surface area contributed by atoms with Crippen molar-refractivity contribution < 1.29 is 14.3 Å². The first-order valence-corrected chi connectivity index (χ1v) is 4.60. The zero-order valence-electron chi connectivity index (χ0n) is 8.56. The molecule has 1 unspecified atom stereocenters. The number of hydrogen-bond acceptors (Lipinski definition) is 3. The van der Waals surface area contributed by atoms with Crippen LogP contribution in [0.15, 0.2) is 18.2 Å². The predicted molar refractivity (Wildman–Crippen MR) is 55.2 cm³/mol. The Hall–Kier alpha value is -1.84. The van der Waals surface area contributed by atoms with Gasteiger partial charge in [-0.2, -0.15) is 0 Å². The third-order valence-corrected chi connectivity index (χ3v) is 2.66. The van der Waals surface area contributed by atoms with Gasteiger partial charge in [0.2, 0.25) is 5.91 Å². The standard InChI is InChI=1S/C11H11NO3/c1-12-10-4-3-7(15-2)5-8(10)9(6-13)11(12)14/h3-6,9H,1-2H3. The average Bonchev–Trinajstić information content (AvgIpc) is 2.51. The number of nitrogens with zero attached hydrogens (tertiary/aromatic N) is 1. The molecule has 1 aromatic rings. The van der Waals surface area contributed by atoms with Crippen molar-refractivity contribution in [3.05, 3.63) is 23.8 Å². The molecule has 1 aromatic carbocycles. The van der Waals surface area contributed by atoms with E-state index in [-0.39, 0.29) is 5.91 Å². The molecule has 0 fully saturated rings. The van der Waals surface area contributed by atoms with Gasteiger partial charge in [0, 0.05) is 12.7 Å². The Labute approximate surface area is 87.4 Å². The molecule has 1 heterocycles. The summed E-state index contributed by atoms with van der Waals surface area (Å²) >= 11 is 0. The number of ether oxygens (including phenoxy) is 1. The number of aldehydes is 1. The minimum atomic E-state index is -0.680. The monoisotopic (exact) mass is 205 g/mol. The fraction of sp³-hybridized carbons (Fsp3) is 0.273. The number of rotatable bonds is 2. The van der Waals surface area contributed by atoms with Crippen LogP contribution >= 0.6 is 0 Å². The van der Waals surface area contributed by atoms with Crippen molar-refractivity contribution in [1.82, 2.24) is 0 Å². The van der Waals surface area contributed by atoms with E-state index in [0.717, 1.165) is 11.3 Å². The second-order valence-electron chi connectivity index (χ2n) is 3.44. The molecule has 0 spiro atoms. The first-order valence-electron chi connectivity index (χ1n) is 4.60. The second kappa shape index (κ2) is 3.38. The van der Waals surface area contributed by atoms with Crippen molar-refractivity contribution in [1.29, 1.82) is 0 Å². The van der Waals surface area contributed by atoms with Crippen molar-refractivity contribution in [3.63, 3.8) is 0 Å². The Morgan fingerprint density at radius 3 is 2.80 bits per heavy atom. The largest absolute Gasteiger partial charge is 0.497 e. The van der Waals surface area contributed by atoms with Gasteiger partial charge in [0.05, 0.1) is 7.11 Å². The molecule has 1 aliphatic rings. The van der Waals surface area contributed by atoms with Crippen LogP contribution in [0, 0.1) is 0 Å². The van der Waals surface area contributed by atoms with Gasteiger partial charge in [-0.25, -0.2) is 0 Å². The van der Waals surface area contributed by atoms with Crippen LogP contribution in [-0.4, -0.2) is 26.4 Å². The summed E-state index contributed by atoms with van der Waals surface area (Å²) in [5, 5.41) is 0. The van der Waals surface area contributed by atoms with Crippen LogP contribution in [0.1, 0.15) is 11.5 Å². The molecule has 1 atom stereocenters. The molecule has 0 aliphatic carbocycles. The molecular weight excluding hydrogens is 194 g/mol. The highest BCUT2D eigenvalue weighted by Gasteiger charge is 2.34. The third-order valence-electron chi connectivity index (χ3n) is 2.66. The molecule has 0 N–H and O–H groups in total. The number of carbonyl (C=O) groups is 2. The van der Waals surface area contributed by atoms with E-state index in [9.17, 15) is 9.59 Å². The number of fused-ring (bicyclic) bond motifs is 1. The summed E-state index contributed by atoms with van der Waals surface area (Å²) in [7, 11) is 3.22. The van der Waals surface area contributed by atoms with Crippen molar-refractivity contribution in [2.24, 2.45) is 0 Å². The number of amides is 1. The average molecular weight is 205 g/mol. The highest BCUT2D eigenvalue weighted by atomic mass is 16.5. The van der Waals surface area contributed by atoms with E-state index >= 15 is 0 Å². The van der Waals surface area contributed by atoms with Crippen molar-refractivity contribution in [3.8, 4) is 5.75 Å². The van der Waals surface area contributed by atoms with Crippen LogP contribution in [0.25, 0.3) is 0 Å². The topological polar surface area (TPSA) is 46.6 Å². The summed E-state index contributed by atoms with van der Waals surface area (Å²) in [4.78, 5) is 24.0. The Morgan fingerprint density at radius 2 is 2.20 bits per heavy atom. The smallest absolute Gasteiger partial charge is 0.241 e. The minimum absolute atomic E-state index is 0.187. The maximum Gasteiger partial charge on any atom is 0.241 e. The summed E-state index contributed by atoms with van der Waals surface area (Å²) in [5.74, 6) is -0.211. The molecule has 0 saturated carbocycles. The van der Waals surface area contributed by atoms with Crippen LogP contribution in [0.4, 0.5) is 5.69 Å². The quantitative estimate of drug-likeness (QED) is 0.533. The molecule has 2 rings (SSSR count). The lowest BCUT2D eigenvalue weighted by molar-refractivity contribution is -0.122. The predicted octanol–water partition coefficient (Wildman–Crippen LogP) is 0.954. The van der Waals surface area contributed by atoms with Gasteiger partial charge in [0.15, 0.2) is 0 Å². The second-order valence-corrected chi connectivity index (χ2v) is 3.44. The molecule has 78 valence electrons. The Balaban J connectivity index is 2.56. The van der Waals surface area contributed by atoms with Gasteiger partial charge >= 0.3 is 0 Å². The SMILES string of the molecule is COc1ccc2c(c1)C(C=O)C(=O)N2C. The first kappa shape index (κ1) is 9.71. The van der Waals surface area contributed by atoms with Crippen molar-refractivity contribution in [2.45, 2.75) is 5.92 Å². The number of hydrogen-bond donors (Lipinski definition) is 0. The van der Waals surface area contributed by atoms with E-state index in [4.69, 9.17) is 4.74 Å². The number of carbonyl (C=O) groups excluding carboxylic acids is 2. The molecule has 0 aromatic heterocycles. The normalized spacial score (nSPS) is 18.9. The van der Waals surface area contributed by atoms with Gasteiger partial charge in [-0.1, -0.05) is 0 Å². The number of methoxy groups -OCH3 is 1. The van der Waals surface area contributed by atoms with Crippen LogP contribution in [0.2, 0.25) is 0 Å². The Kier molecular flexibility index (Phi) is 2.19. The number of benzene rings is 1. The zero-order chi connectivity index (χ0) is 11.0. The summed E-state index contributed by atoms with van der Waals surface area (Å²) in [5.41, 5.74) is 1.50. The molecule has 0 bridgehead atoms. The lowest BCUT2D eigenvalue weighted by Crippen LogP contribution is -2.24. The van der Waals surface area contributed by atoms with E-state index in [0.29, 0.717) is 12.0 Å². The number of anilines is 1. The van der Waals surface area contributed by atoms with Gasteiger partial charge in [0.1, 0.15) is 18.0 Å². The maximum absolute atomic E-state index is 11.6. The fourth-order valence-electron chi connectivity index (χ4n) is 1.81. The van der Waals surface area contributed by atoms with Crippen molar-refractivity contribution in [2.75, 3.05) is 19.1 Å². The fourth-order valence-corrected chi connectivity index (χ4v) is 1.81. The van der Waals surface area contributed by atoms with Gasteiger partial charge in [-0.05, 0) is 23.8 Å². The van der Waals surface area contributed by atoms with E-state index in [2.05, 4.69) is 0 Å². The van der Waals surface area contributed by atoms with Gasteiger partial charge in [-0.3, -0.25) is 4.79 Å². The highest BCUT2D eigenvalue weighted by Crippen LogP contribution is 2.37. The van der Waals surface area contributed by atoms with Gasteiger partial charge in [-0.15, -0.1) is 0 Å². The molecule has 0 saturated heterocycles. The minimum Gasteiger partial charge on any atom is -0.497 e. The van der Waals surface area contributed by atoms with E-state index in [1.807, 2.05) is 0 Å². The lowest BCUT2D eigenvalue weighted by atomic mass is 10.0. The lowest BCUT2D eigenvalue weighted by Gasteiger charge is -2.09. The Bertz CT molecular complexity index is 428. The molecule has 1 amide bonds. The van der Waals surface area contributed by atoms with E-state index < -0.39 is 5.92 Å². The first-order chi connectivity index (χ1) is 7.19. The Morgan fingerprint density at radius 1 is 1.47 bits per heavy atom. The summed E-state index contributed by atoms with van der Waals surface area (Å²) in [6.45, 7) is 0. The number of likely N-dealkylation sites (N-methyl/N-ethyl adjacent to an activating group) is 1. The van der Waals surface area contributed by atoms with Crippen LogP contribution in [-0.2, 0) is 9.59 Å².